The van der Waals surface area contributed by atoms with Gasteiger partial charge in [0.25, 0.3) is 0 Å². The fraction of sp³-hybridized carbons (Fsp3) is 0.923. The lowest BCUT2D eigenvalue weighted by Crippen LogP contribution is -2.51. The molecule has 1 atom stereocenters. The van der Waals surface area contributed by atoms with Gasteiger partial charge in [-0.1, -0.05) is 0 Å². The minimum atomic E-state index is -0.289. The van der Waals surface area contributed by atoms with Crippen LogP contribution in [0, 0.1) is 5.41 Å². The minimum Gasteiger partial charge on any atom is -0.374 e. The van der Waals surface area contributed by atoms with Gasteiger partial charge in [0.05, 0.1) is 11.0 Å². The van der Waals surface area contributed by atoms with Gasteiger partial charge in [-0.25, -0.2) is 0 Å². The van der Waals surface area contributed by atoms with Gasteiger partial charge in [-0.3, -0.25) is 4.79 Å². The number of hydrogen-bond acceptors (Lipinski definition) is 3. The summed E-state index contributed by atoms with van der Waals surface area (Å²) in [6, 6.07) is 0. The Kier molecular flexibility index (Phi) is 4.95. The highest BCUT2D eigenvalue weighted by atomic mass is 16.5. The van der Waals surface area contributed by atoms with Gasteiger partial charge in [0.2, 0.25) is 5.91 Å². The second kappa shape index (κ2) is 5.83. The van der Waals surface area contributed by atoms with E-state index in [1.807, 2.05) is 27.7 Å². The summed E-state index contributed by atoms with van der Waals surface area (Å²) in [7, 11) is 0. The summed E-state index contributed by atoms with van der Waals surface area (Å²) in [5, 5.41) is 6.30. The van der Waals surface area contributed by atoms with Crippen molar-refractivity contribution in [3.63, 3.8) is 0 Å². The van der Waals surface area contributed by atoms with E-state index >= 15 is 0 Å². The second-order valence-corrected chi connectivity index (χ2v) is 5.72. The third-order valence-electron chi connectivity index (χ3n) is 3.36. The van der Waals surface area contributed by atoms with E-state index in [9.17, 15) is 4.79 Å². The Balaban J connectivity index is 2.43. The van der Waals surface area contributed by atoms with Crippen molar-refractivity contribution < 1.29 is 9.53 Å². The van der Waals surface area contributed by atoms with Gasteiger partial charge in [-0.15, -0.1) is 0 Å². The Morgan fingerprint density at radius 3 is 2.76 bits per heavy atom. The molecule has 17 heavy (non-hydrogen) atoms. The largest absolute Gasteiger partial charge is 0.374 e. The number of carbonyl (C=O) groups excluding carboxylic acids is 1. The summed E-state index contributed by atoms with van der Waals surface area (Å²) in [6.45, 7) is 11.0. The number of amides is 1. The summed E-state index contributed by atoms with van der Waals surface area (Å²) in [4.78, 5) is 12.2. The lowest BCUT2D eigenvalue weighted by molar-refractivity contribution is -0.132. The van der Waals surface area contributed by atoms with E-state index in [-0.39, 0.29) is 16.9 Å². The minimum absolute atomic E-state index is 0.137. The summed E-state index contributed by atoms with van der Waals surface area (Å²) in [6.07, 6.45) is 2.03. The molecule has 0 aromatic rings. The summed E-state index contributed by atoms with van der Waals surface area (Å²) in [5.41, 5.74) is -0.552. The third-order valence-corrected chi connectivity index (χ3v) is 3.36. The molecule has 0 aromatic carbocycles. The van der Waals surface area contributed by atoms with Crippen LogP contribution in [0.25, 0.3) is 0 Å². The number of ether oxygens (including phenoxy) is 1. The molecule has 0 bridgehead atoms. The molecule has 0 aliphatic carbocycles. The normalized spacial score (nSPS) is 25.6. The topological polar surface area (TPSA) is 50.4 Å². The zero-order valence-electron chi connectivity index (χ0n) is 11.6. The molecule has 1 aliphatic rings. The molecule has 1 fully saturated rings. The molecule has 1 aliphatic heterocycles. The van der Waals surface area contributed by atoms with Gasteiger partial charge in [-0.2, -0.15) is 0 Å². The Bertz CT molecular complexity index is 258. The van der Waals surface area contributed by atoms with E-state index < -0.39 is 0 Å². The molecule has 1 unspecified atom stereocenters. The van der Waals surface area contributed by atoms with Crippen molar-refractivity contribution >= 4 is 5.91 Å². The van der Waals surface area contributed by atoms with Gasteiger partial charge in [0.1, 0.15) is 0 Å². The molecule has 1 amide bonds. The Morgan fingerprint density at radius 1 is 1.53 bits per heavy atom. The maximum absolute atomic E-state index is 12.2. The van der Waals surface area contributed by atoms with E-state index in [2.05, 4.69) is 10.6 Å². The van der Waals surface area contributed by atoms with E-state index in [1.165, 1.54) is 0 Å². The fourth-order valence-corrected chi connectivity index (χ4v) is 2.20. The average molecular weight is 242 g/mol. The Labute approximate surface area is 104 Å². The molecule has 0 spiro atoms. The summed E-state index contributed by atoms with van der Waals surface area (Å²) in [5.74, 6) is 0.137. The van der Waals surface area contributed by atoms with Crippen LogP contribution in [0.2, 0.25) is 0 Å². The first-order valence-electron chi connectivity index (χ1n) is 6.53. The average Bonchev–Trinajstić information content (AvgIpc) is 2.27. The van der Waals surface area contributed by atoms with Crippen LogP contribution in [-0.4, -0.2) is 37.7 Å². The van der Waals surface area contributed by atoms with Crippen molar-refractivity contribution in [2.45, 2.75) is 46.1 Å². The third kappa shape index (κ3) is 4.28. The fourth-order valence-electron chi connectivity index (χ4n) is 2.20. The van der Waals surface area contributed by atoms with E-state index in [0.717, 1.165) is 25.9 Å². The summed E-state index contributed by atoms with van der Waals surface area (Å²) >= 11 is 0. The van der Waals surface area contributed by atoms with Gasteiger partial charge in [0.15, 0.2) is 0 Å². The van der Waals surface area contributed by atoms with Crippen molar-refractivity contribution in [1.29, 1.82) is 0 Å². The van der Waals surface area contributed by atoms with E-state index in [4.69, 9.17) is 4.74 Å². The highest BCUT2D eigenvalue weighted by Gasteiger charge is 2.35. The number of nitrogens with one attached hydrogen (secondary N) is 2. The van der Waals surface area contributed by atoms with Crippen LogP contribution < -0.4 is 10.6 Å². The molecule has 1 rings (SSSR count). The standard InChI is InChI=1S/C13H26N2O2/c1-5-17-12(2,3)9-15-11(16)13(4)7-6-8-14-10-13/h14H,5-10H2,1-4H3,(H,15,16). The van der Waals surface area contributed by atoms with Gasteiger partial charge < -0.3 is 15.4 Å². The molecule has 4 heteroatoms. The zero-order valence-corrected chi connectivity index (χ0v) is 11.6. The predicted molar refractivity (Wildman–Crippen MR) is 68.9 cm³/mol. The molecule has 4 nitrogen and oxygen atoms in total. The molecule has 0 saturated carbocycles. The Morgan fingerprint density at radius 2 is 2.24 bits per heavy atom. The lowest BCUT2D eigenvalue weighted by atomic mass is 9.82. The van der Waals surface area contributed by atoms with Crippen molar-refractivity contribution in [3.05, 3.63) is 0 Å². The van der Waals surface area contributed by atoms with Crippen molar-refractivity contribution in [2.24, 2.45) is 5.41 Å². The molecule has 1 heterocycles. The highest BCUT2D eigenvalue weighted by molar-refractivity contribution is 5.82. The van der Waals surface area contributed by atoms with Crippen LogP contribution in [0.4, 0.5) is 0 Å². The van der Waals surface area contributed by atoms with Crippen LogP contribution in [0.15, 0.2) is 0 Å². The molecular weight excluding hydrogens is 216 g/mol. The van der Waals surface area contributed by atoms with Crippen LogP contribution >= 0.6 is 0 Å². The first kappa shape index (κ1) is 14.5. The molecule has 1 saturated heterocycles. The second-order valence-electron chi connectivity index (χ2n) is 5.72. The maximum atomic E-state index is 12.2. The maximum Gasteiger partial charge on any atom is 0.227 e. The lowest BCUT2D eigenvalue weighted by Gasteiger charge is -2.34. The first-order valence-corrected chi connectivity index (χ1v) is 6.53. The SMILES string of the molecule is CCOC(C)(C)CNC(=O)C1(C)CCCNC1. The first-order chi connectivity index (χ1) is 7.90. The zero-order chi connectivity index (χ0) is 12.9. The smallest absolute Gasteiger partial charge is 0.227 e. The predicted octanol–water partition coefficient (Wildman–Crippen LogP) is 1.31. The number of hydrogen-bond donors (Lipinski definition) is 2. The van der Waals surface area contributed by atoms with Crippen molar-refractivity contribution in [1.82, 2.24) is 10.6 Å². The number of rotatable bonds is 5. The monoisotopic (exact) mass is 242 g/mol. The quantitative estimate of drug-likeness (QED) is 0.764. The van der Waals surface area contributed by atoms with Crippen LogP contribution in [0.3, 0.4) is 0 Å². The molecule has 2 N–H and O–H groups in total. The van der Waals surface area contributed by atoms with Crippen molar-refractivity contribution in [3.8, 4) is 0 Å². The number of carbonyl (C=O) groups is 1. The van der Waals surface area contributed by atoms with E-state index in [1.54, 1.807) is 0 Å². The molecule has 0 aromatic heterocycles. The Hall–Kier alpha value is -0.610. The molecular formula is C13H26N2O2. The summed E-state index contributed by atoms with van der Waals surface area (Å²) < 4.78 is 5.57. The van der Waals surface area contributed by atoms with Gasteiger partial charge in [0, 0.05) is 19.7 Å². The van der Waals surface area contributed by atoms with Crippen LogP contribution in [-0.2, 0) is 9.53 Å². The van der Waals surface area contributed by atoms with Crippen molar-refractivity contribution in [2.75, 3.05) is 26.2 Å². The number of piperidine rings is 1. The van der Waals surface area contributed by atoms with Gasteiger partial charge in [-0.05, 0) is 47.1 Å². The van der Waals surface area contributed by atoms with Crippen LogP contribution in [0.5, 0.6) is 0 Å². The van der Waals surface area contributed by atoms with E-state index in [0.29, 0.717) is 13.2 Å². The highest BCUT2D eigenvalue weighted by Crippen LogP contribution is 2.25. The van der Waals surface area contributed by atoms with Gasteiger partial charge >= 0.3 is 0 Å². The van der Waals surface area contributed by atoms with Crippen LogP contribution in [0.1, 0.15) is 40.5 Å². The molecule has 100 valence electrons. The molecule has 0 radical (unpaired) electrons.